The summed E-state index contributed by atoms with van der Waals surface area (Å²) in [5.74, 6) is 1.45. The Kier molecular flexibility index (Phi) is 4.82. The summed E-state index contributed by atoms with van der Waals surface area (Å²) in [6.45, 7) is -0.545. The number of hydrogen-bond acceptors (Lipinski definition) is 8. The molecular weight excluding hydrogens is 320 g/mol. The molecule has 1 aromatic heterocycles. The first-order valence-electron chi connectivity index (χ1n) is 7.19. The van der Waals surface area contributed by atoms with E-state index < -0.39 is 11.9 Å². The third-order valence-electron chi connectivity index (χ3n) is 3.27. The van der Waals surface area contributed by atoms with Crippen molar-refractivity contribution in [1.29, 1.82) is 0 Å². The molecule has 0 spiro atoms. The van der Waals surface area contributed by atoms with E-state index in [0.717, 1.165) is 0 Å². The molecule has 0 radical (unpaired) electrons. The van der Waals surface area contributed by atoms with Crippen LogP contribution in [0.5, 0.6) is 17.2 Å². The summed E-state index contributed by atoms with van der Waals surface area (Å²) in [7, 11) is 0. The standard InChI is InChI=1S/C15H16N2O7/c18-4-9(5-19)16-15(20)11-6-22-14(17-11)7-21-10-1-2-12-13(3-10)24-8-23-12/h1-3,6,9,18-19H,4-5,7-8H2,(H,16,20). The second kappa shape index (κ2) is 7.20. The van der Waals surface area contributed by atoms with Crippen LogP contribution < -0.4 is 19.5 Å². The zero-order valence-electron chi connectivity index (χ0n) is 12.6. The topological polar surface area (TPSA) is 123 Å². The van der Waals surface area contributed by atoms with Crippen LogP contribution in [0.15, 0.2) is 28.9 Å². The third-order valence-corrected chi connectivity index (χ3v) is 3.27. The van der Waals surface area contributed by atoms with E-state index in [2.05, 4.69) is 10.3 Å². The summed E-state index contributed by atoms with van der Waals surface area (Å²) in [5, 5.41) is 20.3. The molecule has 1 aromatic carbocycles. The van der Waals surface area contributed by atoms with Crippen LogP contribution in [-0.2, 0) is 6.61 Å². The van der Waals surface area contributed by atoms with Gasteiger partial charge in [-0.05, 0) is 12.1 Å². The highest BCUT2D eigenvalue weighted by Gasteiger charge is 2.17. The zero-order valence-corrected chi connectivity index (χ0v) is 12.6. The van der Waals surface area contributed by atoms with Crippen molar-refractivity contribution in [3.63, 3.8) is 0 Å². The molecule has 0 aliphatic carbocycles. The lowest BCUT2D eigenvalue weighted by Crippen LogP contribution is -2.40. The fraction of sp³-hybridized carbons (Fsp3) is 0.333. The zero-order chi connectivity index (χ0) is 16.9. The smallest absolute Gasteiger partial charge is 0.273 e. The van der Waals surface area contributed by atoms with Gasteiger partial charge in [-0.2, -0.15) is 0 Å². The predicted octanol–water partition coefficient (Wildman–Crippen LogP) is 0.0653. The molecule has 24 heavy (non-hydrogen) atoms. The highest BCUT2D eigenvalue weighted by molar-refractivity contribution is 5.92. The number of aliphatic hydroxyl groups excluding tert-OH is 2. The summed E-state index contributed by atoms with van der Waals surface area (Å²) in [4.78, 5) is 15.9. The third kappa shape index (κ3) is 3.58. The first-order valence-corrected chi connectivity index (χ1v) is 7.19. The molecule has 3 rings (SSSR count). The Balaban J connectivity index is 1.57. The average Bonchev–Trinajstić information content (AvgIpc) is 3.26. The molecule has 0 saturated carbocycles. The summed E-state index contributed by atoms with van der Waals surface area (Å²) in [6.07, 6.45) is 1.18. The number of aromatic nitrogens is 1. The quantitative estimate of drug-likeness (QED) is 0.649. The van der Waals surface area contributed by atoms with E-state index in [0.29, 0.717) is 17.2 Å². The van der Waals surface area contributed by atoms with Crippen LogP contribution in [0.2, 0.25) is 0 Å². The number of benzene rings is 1. The van der Waals surface area contributed by atoms with Gasteiger partial charge in [0.25, 0.3) is 5.91 Å². The molecule has 0 atom stereocenters. The highest BCUT2D eigenvalue weighted by Crippen LogP contribution is 2.35. The lowest BCUT2D eigenvalue weighted by Gasteiger charge is -2.11. The minimum absolute atomic E-state index is 0.0242. The molecule has 3 N–H and O–H groups in total. The van der Waals surface area contributed by atoms with Gasteiger partial charge >= 0.3 is 0 Å². The highest BCUT2D eigenvalue weighted by atomic mass is 16.7. The Morgan fingerprint density at radius 3 is 2.88 bits per heavy atom. The van der Waals surface area contributed by atoms with Crippen molar-refractivity contribution in [3.8, 4) is 17.2 Å². The van der Waals surface area contributed by atoms with Crippen molar-refractivity contribution in [3.05, 3.63) is 36.0 Å². The van der Waals surface area contributed by atoms with Crippen LogP contribution in [0, 0.1) is 0 Å². The summed E-state index contributed by atoms with van der Waals surface area (Å²) < 4.78 is 21.2. The van der Waals surface area contributed by atoms with Crippen molar-refractivity contribution in [2.45, 2.75) is 12.6 Å². The van der Waals surface area contributed by atoms with Crippen molar-refractivity contribution in [2.24, 2.45) is 0 Å². The van der Waals surface area contributed by atoms with E-state index in [1.54, 1.807) is 18.2 Å². The fourth-order valence-electron chi connectivity index (χ4n) is 2.00. The number of rotatable bonds is 7. The van der Waals surface area contributed by atoms with Crippen molar-refractivity contribution in [1.82, 2.24) is 10.3 Å². The van der Waals surface area contributed by atoms with Crippen molar-refractivity contribution < 1.29 is 33.6 Å². The van der Waals surface area contributed by atoms with Crippen molar-refractivity contribution >= 4 is 5.91 Å². The molecule has 0 bridgehead atoms. The van der Waals surface area contributed by atoms with Gasteiger partial charge < -0.3 is 34.2 Å². The van der Waals surface area contributed by atoms with Crippen LogP contribution in [0.1, 0.15) is 16.4 Å². The monoisotopic (exact) mass is 336 g/mol. The summed E-state index contributed by atoms with van der Waals surface area (Å²) in [5.41, 5.74) is 0.0335. The molecule has 2 aromatic rings. The number of carbonyl (C=O) groups is 1. The number of nitrogens with zero attached hydrogens (tertiary/aromatic N) is 1. The van der Waals surface area contributed by atoms with E-state index in [-0.39, 0.29) is 38.2 Å². The van der Waals surface area contributed by atoms with Gasteiger partial charge in [0.1, 0.15) is 12.0 Å². The number of hydrogen-bond donors (Lipinski definition) is 3. The number of oxazole rings is 1. The van der Waals surface area contributed by atoms with Gasteiger partial charge in [0.05, 0.1) is 19.3 Å². The van der Waals surface area contributed by atoms with Crippen molar-refractivity contribution in [2.75, 3.05) is 20.0 Å². The molecule has 2 heterocycles. The summed E-state index contributed by atoms with van der Waals surface area (Å²) >= 11 is 0. The van der Waals surface area contributed by atoms with E-state index in [9.17, 15) is 4.79 Å². The van der Waals surface area contributed by atoms with E-state index in [1.807, 2.05) is 0 Å². The Hall–Kier alpha value is -2.78. The normalized spacial score (nSPS) is 12.5. The number of aliphatic hydroxyl groups is 2. The lowest BCUT2D eigenvalue weighted by atomic mass is 10.3. The molecule has 0 fully saturated rings. The number of amides is 1. The molecule has 9 heteroatoms. The Labute approximate surface area is 136 Å². The molecule has 128 valence electrons. The molecular formula is C15H16N2O7. The lowest BCUT2D eigenvalue weighted by molar-refractivity contribution is 0.0874. The van der Waals surface area contributed by atoms with Crippen LogP contribution in [0.3, 0.4) is 0 Å². The minimum Gasteiger partial charge on any atom is -0.484 e. The number of nitrogens with one attached hydrogen (secondary N) is 1. The van der Waals surface area contributed by atoms with E-state index >= 15 is 0 Å². The largest absolute Gasteiger partial charge is 0.484 e. The molecule has 0 unspecified atom stereocenters. The Bertz CT molecular complexity index is 712. The predicted molar refractivity (Wildman–Crippen MR) is 78.8 cm³/mol. The molecule has 0 saturated heterocycles. The summed E-state index contributed by atoms with van der Waals surface area (Å²) in [6, 6.07) is 4.39. The second-order valence-electron chi connectivity index (χ2n) is 4.97. The number of ether oxygens (including phenoxy) is 3. The second-order valence-corrected chi connectivity index (χ2v) is 4.97. The van der Waals surface area contributed by atoms with Crippen LogP contribution in [-0.4, -0.2) is 47.2 Å². The first-order chi connectivity index (χ1) is 11.7. The van der Waals surface area contributed by atoms with Gasteiger partial charge in [0.15, 0.2) is 23.8 Å². The molecule has 9 nitrogen and oxygen atoms in total. The molecule has 1 amide bonds. The van der Waals surface area contributed by atoms with Gasteiger partial charge in [0.2, 0.25) is 12.7 Å². The van der Waals surface area contributed by atoms with Gasteiger partial charge in [-0.25, -0.2) is 4.98 Å². The van der Waals surface area contributed by atoms with E-state index in [4.69, 9.17) is 28.8 Å². The van der Waals surface area contributed by atoms with Crippen LogP contribution in [0.25, 0.3) is 0 Å². The van der Waals surface area contributed by atoms with Gasteiger partial charge in [-0.15, -0.1) is 0 Å². The maximum atomic E-state index is 11.9. The van der Waals surface area contributed by atoms with Gasteiger partial charge in [-0.3, -0.25) is 4.79 Å². The van der Waals surface area contributed by atoms with E-state index in [1.165, 1.54) is 6.26 Å². The SMILES string of the molecule is O=C(NC(CO)CO)c1coc(COc2ccc3c(c2)OCO3)n1. The average molecular weight is 336 g/mol. The van der Waals surface area contributed by atoms with Crippen LogP contribution >= 0.6 is 0 Å². The Morgan fingerprint density at radius 1 is 1.29 bits per heavy atom. The number of carbonyl (C=O) groups excluding carboxylic acids is 1. The van der Waals surface area contributed by atoms with Gasteiger partial charge in [-0.1, -0.05) is 0 Å². The van der Waals surface area contributed by atoms with Gasteiger partial charge in [0, 0.05) is 6.07 Å². The number of fused-ring (bicyclic) bond motifs is 1. The maximum Gasteiger partial charge on any atom is 0.273 e. The molecule has 1 aliphatic rings. The Morgan fingerprint density at radius 2 is 2.08 bits per heavy atom. The molecule has 1 aliphatic heterocycles. The maximum absolute atomic E-state index is 11.9. The first kappa shape index (κ1) is 16.1. The van der Waals surface area contributed by atoms with Crippen LogP contribution in [0.4, 0.5) is 0 Å². The minimum atomic E-state index is -0.748. The fourth-order valence-corrected chi connectivity index (χ4v) is 2.00.